The summed E-state index contributed by atoms with van der Waals surface area (Å²) in [5.74, 6) is 0.402. The molecule has 0 unspecified atom stereocenters. The van der Waals surface area contributed by atoms with Gasteiger partial charge in [-0.25, -0.2) is 10.4 Å². The molecule has 6 nitrogen and oxygen atoms in total. The summed E-state index contributed by atoms with van der Waals surface area (Å²) in [6, 6.07) is 20.9. The van der Waals surface area contributed by atoms with Gasteiger partial charge in [0.15, 0.2) is 0 Å². The van der Waals surface area contributed by atoms with Gasteiger partial charge in [0.1, 0.15) is 23.7 Å². The second kappa shape index (κ2) is 8.80. The number of nitrogens with zero attached hydrogens (tertiary/aromatic N) is 3. The van der Waals surface area contributed by atoms with Crippen molar-refractivity contribution in [3.05, 3.63) is 100 Å². The molecule has 0 spiro atoms. The van der Waals surface area contributed by atoms with Gasteiger partial charge >= 0.3 is 0 Å². The molecule has 4 rings (SSSR count). The number of aromatic nitrogens is 2. The molecule has 0 atom stereocenters. The maximum absolute atomic E-state index is 12.6. The van der Waals surface area contributed by atoms with Gasteiger partial charge in [-0.3, -0.25) is 9.20 Å². The summed E-state index contributed by atoms with van der Waals surface area (Å²) >= 11 is 6.04. The molecule has 2 heterocycles. The molecular formula is C23H19ClN4O2. The topological polar surface area (TPSA) is 68.0 Å². The molecule has 1 N–H and O–H groups in total. The highest BCUT2D eigenvalue weighted by Gasteiger charge is 2.16. The van der Waals surface area contributed by atoms with Crippen molar-refractivity contribution in [2.45, 2.75) is 13.5 Å². The third-order valence-corrected chi connectivity index (χ3v) is 4.70. The van der Waals surface area contributed by atoms with E-state index in [-0.39, 0.29) is 5.91 Å². The van der Waals surface area contributed by atoms with E-state index in [2.05, 4.69) is 15.5 Å². The summed E-state index contributed by atoms with van der Waals surface area (Å²) in [4.78, 5) is 16.9. The maximum Gasteiger partial charge on any atom is 0.290 e. The Morgan fingerprint density at radius 1 is 1.13 bits per heavy atom. The molecule has 1 amide bonds. The fourth-order valence-electron chi connectivity index (χ4n) is 3.02. The molecule has 0 aliphatic carbocycles. The maximum atomic E-state index is 12.6. The van der Waals surface area contributed by atoms with E-state index >= 15 is 0 Å². The highest BCUT2D eigenvalue weighted by Crippen LogP contribution is 2.16. The van der Waals surface area contributed by atoms with E-state index in [1.54, 1.807) is 35.9 Å². The molecule has 2 aromatic heterocycles. The Morgan fingerprint density at radius 2 is 1.90 bits per heavy atom. The van der Waals surface area contributed by atoms with Gasteiger partial charge in [0.25, 0.3) is 5.91 Å². The normalized spacial score (nSPS) is 11.1. The number of ether oxygens (including phenoxy) is 1. The zero-order valence-electron chi connectivity index (χ0n) is 16.2. The number of carbonyl (C=O) groups is 1. The lowest BCUT2D eigenvalue weighted by atomic mass is 10.2. The minimum Gasteiger partial charge on any atom is -0.489 e. The van der Waals surface area contributed by atoms with Crippen molar-refractivity contribution in [1.29, 1.82) is 0 Å². The number of rotatable bonds is 6. The van der Waals surface area contributed by atoms with Crippen LogP contribution in [0.4, 0.5) is 0 Å². The van der Waals surface area contributed by atoms with Crippen LogP contribution < -0.4 is 10.2 Å². The number of halogens is 1. The largest absolute Gasteiger partial charge is 0.489 e. The number of fused-ring (bicyclic) bond motifs is 1. The molecule has 0 aliphatic rings. The second-order valence-corrected chi connectivity index (χ2v) is 7.10. The number of hydrazone groups is 1. The summed E-state index contributed by atoms with van der Waals surface area (Å²) < 4.78 is 7.42. The molecule has 0 saturated carbocycles. The number of benzene rings is 2. The molecule has 2 aromatic carbocycles. The summed E-state index contributed by atoms with van der Waals surface area (Å²) in [5.41, 5.74) is 6.13. The molecule has 0 fully saturated rings. The Hall–Kier alpha value is -3.64. The Bertz CT molecular complexity index is 1200. The predicted molar refractivity (Wildman–Crippen MR) is 117 cm³/mol. The van der Waals surface area contributed by atoms with Crippen molar-refractivity contribution in [3.8, 4) is 5.75 Å². The fourth-order valence-corrected chi connectivity index (χ4v) is 3.18. The van der Waals surface area contributed by atoms with Gasteiger partial charge in [-0.05, 0) is 54.4 Å². The number of imidazole rings is 1. The first-order valence-electron chi connectivity index (χ1n) is 9.34. The second-order valence-electron chi connectivity index (χ2n) is 6.66. The van der Waals surface area contributed by atoms with Crippen LogP contribution >= 0.6 is 11.6 Å². The highest BCUT2D eigenvalue weighted by molar-refractivity contribution is 6.30. The summed E-state index contributed by atoms with van der Waals surface area (Å²) in [7, 11) is 0. The smallest absolute Gasteiger partial charge is 0.290 e. The summed E-state index contributed by atoms with van der Waals surface area (Å²) in [5, 5.41) is 4.57. The number of pyridine rings is 1. The van der Waals surface area contributed by atoms with Crippen LogP contribution in [0, 0.1) is 6.92 Å². The van der Waals surface area contributed by atoms with E-state index in [0.717, 1.165) is 16.9 Å². The molecule has 4 aromatic rings. The lowest BCUT2D eigenvalue weighted by Gasteiger charge is -2.06. The van der Waals surface area contributed by atoms with Crippen molar-refractivity contribution >= 4 is 29.4 Å². The lowest BCUT2D eigenvalue weighted by molar-refractivity contribution is 0.0948. The standard InChI is InChI=1S/C23H19ClN4O2/c1-16-22(28-14-19(24)9-12-21(28)26-16)23(29)27-25-13-17-7-10-20(11-8-17)30-15-18-5-3-2-4-6-18/h2-14H,15H2,1H3,(H,27,29). The van der Waals surface area contributed by atoms with Crippen molar-refractivity contribution in [2.75, 3.05) is 0 Å². The van der Waals surface area contributed by atoms with Gasteiger partial charge in [-0.1, -0.05) is 41.9 Å². The van der Waals surface area contributed by atoms with Gasteiger partial charge < -0.3 is 4.74 Å². The van der Waals surface area contributed by atoms with Gasteiger partial charge in [-0.2, -0.15) is 5.10 Å². The number of aryl methyl sites for hydroxylation is 1. The number of carbonyl (C=O) groups excluding carboxylic acids is 1. The van der Waals surface area contributed by atoms with Gasteiger partial charge in [-0.15, -0.1) is 0 Å². The van der Waals surface area contributed by atoms with Gasteiger partial charge in [0.05, 0.1) is 16.9 Å². The molecule has 0 bridgehead atoms. The van der Waals surface area contributed by atoms with Gasteiger partial charge in [0, 0.05) is 6.20 Å². The number of amides is 1. The third-order valence-electron chi connectivity index (χ3n) is 4.48. The monoisotopic (exact) mass is 418 g/mol. The first-order chi connectivity index (χ1) is 14.6. The van der Waals surface area contributed by atoms with Crippen molar-refractivity contribution < 1.29 is 9.53 Å². The van der Waals surface area contributed by atoms with E-state index in [1.807, 2.05) is 54.6 Å². The Balaban J connectivity index is 1.38. The predicted octanol–water partition coefficient (Wildman–Crippen LogP) is 4.64. The first kappa shape index (κ1) is 19.7. The van der Waals surface area contributed by atoms with Crippen LogP contribution in [0.25, 0.3) is 5.65 Å². The first-order valence-corrected chi connectivity index (χ1v) is 9.72. The quantitative estimate of drug-likeness (QED) is 0.366. The van der Waals surface area contributed by atoms with Crippen LogP contribution in [0.3, 0.4) is 0 Å². The van der Waals surface area contributed by atoms with E-state index < -0.39 is 0 Å². The summed E-state index contributed by atoms with van der Waals surface area (Å²) in [6.45, 7) is 2.28. The number of hydrogen-bond acceptors (Lipinski definition) is 4. The lowest BCUT2D eigenvalue weighted by Crippen LogP contribution is -2.20. The Morgan fingerprint density at radius 3 is 2.67 bits per heavy atom. The van der Waals surface area contributed by atoms with Crippen molar-refractivity contribution in [1.82, 2.24) is 14.8 Å². The molecule has 0 aliphatic heterocycles. The molecule has 150 valence electrons. The highest BCUT2D eigenvalue weighted by atomic mass is 35.5. The zero-order chi connectivity index (χ0) is 20.9. The third kappa shape index (κ3) is 4.50. The SMILES string of the molecule is Cc1nc2ccc(Cl)cn2c1C(=O)NN=Cc1ccc(OCc2ccccc2)cc1. The minimum absolute atomic E-state index is 0.360. The van der Waals surface area contributed by atoms with E-state index in [4.69, 9.17) is 16.3 Å². The minimum atomic E-state index is -0.360. The van der Waals surface area contributed by atoms with Gasteiger partial charge in [0.2, 0.25) is 0 Å². The average molecular weight is 419 g/mol. The van der Waals surface area contributed by atoms with E-state index in [1.165, 1.54) is 0 Å². The van der Waals surface area contributed by atoms with E-state index in [0.29, 0.717) is 28.7 Å². The molecule has 30 heavy (non-hydrogen) atoms. The molecule has 7 heteroatoms. The molecule has 0 saturated heterocycles. The van der Waals surface area contributed by atoms with Crippen molar-refractivity contribution in [2.24, 2.45) is 5.10 Å². The average Bonchev–Trinajstić information content (AvgIpc) is 3.09. The fraction of sp³-hybridized carbons (Fsp3) is 0.0870. The number of nitrogens with one attached hydrogen (secondary N) is 1. The van der Waals surface area contributed by atoms with Crippen LogP contribution in [0.1, 0.15) is 27.3 Å². The zero-order valence-corrected chi connectivity index (χ0v) is 17.0. The number of hydrogen-bond donors (Lipinski definition) is 1. The summed E-state index contributed by atoms with van der Waals surface area (Å²) in [6.07, 6.45) is 3.23. The van der Waals surface area contributed by atoms with Crippen LogP contribution in [-0.4, -0.2) is 21.5 Å². The Labute approximate surface area is 178 Å². The van der Waals surface area contributed by atoms with E-state index in [9.17, 15) is 4.79 Å². The van der Waals surface area contributed by atoms with Crippen molar-refractivity contribution in [3.63, 3.8) is 0 Å². The van der Waals surface area contributed by atoms with Crippen LogP contribution in [0.2, 0.25) is 5.02 Å². The molecular weight excluding hydrogens is 400 g/mol. The Kier molecular flexibility index (Phi) is 5.77. The molecule has 0 radical (unpaired) electrons. The van der Waals surface area contributed by atoms with Crippen LogP contribution in [0.5, 0.6) is 5.75 Å². The van der Waals surface area contributed by atoms with Crippen LogP contribution in [0.15, 0.2) is 78.0 Å². The van der Waals surface area contributed by atoms with Crippen LogP contribution in [-0.2, 0) is 6.61 Å².